The number of carbonyl (C=O) groups is 1. The van der Waals surface area contributed by atoms with Gasteiger partial charge in [0.25, 0.3) is 0 Å². The molecule has 0 aromatic heterocycles. The number of nitrogens with zero attached hydrogens (tertiary/aromatic N) is 1. The Balaban J connectivity index is 1.53. The molecule has 0 saturated carbocycles. The minimum atomic E-state index is 0.138. The van der Waals surface area contributed by atoms with Gasteiger partial charge in [0, 0.05) is 18.1 Å². The summed E-state index contributed by atoms with van der Waals surface area (Å²) in [5.41, 5.74) is 7.72. The highest BCUT2D eigenvalue weighted by Gasteiger charge is 2.32. The summed E-state index contributed by atoms with van der Waals surface area (Å²) in [5.74, 6) is 0.138. The monoisotopic (exact) mass is 316 g/mol. The van der Waals surface area contributed by atoms with Gasteiger partial charge in [0.05, 0.1) is 12.6 Å². The topological polar surface area (TPSA) is 56.4 Å². The van der Waals surface area contributed by atoms with E-state index in [2.05, 4.69) is 65.2 Å². The highest BCUT2D eigenvalue weighted by molar-refractivity contribution is 5.78. The third kappa shape index (κ3) is 4.10. The Bertz CT molecular complexity index is 511. The van der Waals surface area contributed by atoms with Crippen molar-refractivity contribution in [3.8, 4) is 0 Å². The lowest BCUT2D eigenvalue weighted by Gasteiger charge is -2.26. The molecule has 5 nitrogen and oxygen atoms in total. The summed E-state index contributed by atoms with van der Waals surface area (Å²) >= 11 is 0. The number of hydrazine groups is 1. The Labute approximate surface area is 138 Å². The van der Waals surface area contributed by atoms with Crippen molar-refractivity contribution in [2.24, 2.45) is 0 Å². The molecule has 23 heavy (non-hydrogen) atoms. The van der Waals surface area contributed by atoms with Crippen molar-refractivity contribution in [2.75, 3.05) is 13.1 Å². The van der Waals surface area contributed by atoms with Crippen LogP contribution in [0, 0.1) is 0 Å². The summed E-state index contributed by atoms with van der Waals surface area (Å²) in [4.78, 5) is 14.8. The lowest BCUT2D eigenvalue weighted by atomic mass is 10.0. The number of likely N-dealkylation sites (tertiary alicyclic amines) is 1. The maximum atomic E-state index is 12.4. The van der Waals surface area contributed by atoms with Crippen LogP contribution in [0.25, 0.3) is 0 Å². The largest absolute Gasteiger partial charge is 0.349 e. The lowest BCUT2D eigenvalue weighted by Crippen LogP contribution is -2.50. The van der Waals surface area contributed by atoms with Gasteiger partial charge in [-0.05, 0) is 45.2 Å². The van der Waals surface area contributed by atoms with Gasteiger partial charge >= 0.3 is 0 Å². The first-order chi connectivity index (χ1) is 11.1. The van der Waals surface area contributed by atoms with Gasteiger partial charge in [-0.1, -0.05) is 30.3 Å². The van der Waals surface area contributed by atoms with Crippen LogP contribution in [0.5, 0.6) is 0 Å². The van der Waals surface area contributed by atoms with Crippen LogP contribution >= 0.6 is 0 Å². The van der Waals surface area contributed by atoms with Crippen LogP contribution in [0.1, 0.15) is 32.3 Å². The molecule has 2 saturated heterocycles. The van der Waals surface area contributed by atoms with Crippen molar-refractivity contribution in [1.82, 2.24) is 21.1 Å². The van der Waals surface area contributed by atoms with Crippen LogP contribution in [-0.2, 0) is 11.2 Å². The molecule has 0 spiro atoms. The second-order valence-electron chi connectivity index (χ2n) is 6.92. The molecule has 0 aliphatic carbocycles. The molecule has 2 aliphatic rings. The standard InChI is InChI=1S/C18H28N4O/c1-13-18(14(2)21-20-13)19-17(23)12-22-10-6-9-16(22)11-15-7-4-3-5-8-15/h3-5,7-8,13-14,16,18,20-21H,6,9-12H2,1-2H3,(H,19,23). The zero-order chi connectivity index (χ0) is 16.2. The van der Waals surface area contributed by atoms with E-state index in [0.29, 0.717) is 12.6 Å². The van der Waals surface area contributed by atoms with Crippen LogP contribution in [0.4, 0.5) is 0 Å². The van der Waals surface area contributed by atoms with Crippen molar-refractivity contribution < 1.29 is 4.79 Å². The molecule has 2 fully saturated rings. The smallest absolute Gasteiger partial charge is 0.234 e. The van der Waals surface area contributed by atoms with Crippen molar-refractivity contribution in [3.05, 3.63) is 35.9 Å². The first-order valence-electron chi connectivity index (χ1n) is 8.72. The molecule has 3 unspecified atom stereocenters. The van der Waals surface area contributed by atoms with Gasteiger partial charge in [-0.25, -0.2) is 0 Å². The first kappa shape index (κ1) is 16.4. The second kappa shape index (κ2) is 7.43. The molecule has 0 radical (unpaired) electrons. The molecule has 2 aliphatic heterocycles. The second-order valence-corrected chi connectivity index (χ2v) is 6.92. The fourth-order valence-electron chi connectivity index (χ4n) is 3.76. The number of rotatable bonds is 5. The SMILES string of the molecule is CC1NNC(C)C1NC(=O)CN1CCCC1Cc1ccccc1. The molecule has 126 valence electrons. The molecule has 2 heterocycles. The zero-order valence-corrected chi connectivity index (χ0v) is 14.1. The Morgan fingerprint density at radius 2 is 1.91 bits per heavy atom. The van der Waals surface area contributed by atoms with E-state index in [0.717, 1.165) is 13.0 Å². The first-order valence-corrected chi connectivity index (χ1v) is 8.72. The quantitative estimate of drug-likeness (QED) is 0.760. The van der Waals surface area contributed by atoms with E-state index in [1.165, 1.54) is 18.4 Å². The third-order valence-corrected chi connectivity index (χ3v) is 5.10. The van der Waals surface area contributed by atoms with Gasteiger partial charge in [-0.15, -0.1) is 0 Å². The number of benzene rings is 1. The van der Waals surface area contributed by atoms with E-state index < -0.39 is 0 Å². The fourth-order valence-corrected chi connectivity index (χ4v) is 3.76. The molecular formula is C18H28N4O. The fraction of sp³-hybridized carbons (Fsp3) is 0.611. The molecule has 5 heteroatoms. The lowest BCUT2D eigenvalue weighted by molar-refractivity contribution is -0.123. The predicted octanol–water partition coefficient (Wildman–Crippen LogP) is 1.06. The number of nitrogens with one attached hydrogen (secondary N) is 3. The van der Waals surface area contributed by atoms with Crippen LogP contribution in [0.3, 0.4) is 0 Å². The predicted molar refractivity (Wildman–Crippen MR) is 91.9 cm³/mol. The average molecular weight is 316 g/mol. The third-order valence-electron chi connectivity index (χ3n) is 5.10. The normalized spacial score (nSPS) is 31.4. The summed E-state index contributed by atoms with van der Waals surface area (Å²) in [7, 11) is 0. The maximum absolute atomic E-state index is 12.4. The molecular weight excluding hydrogens is 288 g/mol. The summed E-state index contributed by atoms with van der Waals surface area (Å²) in [5, 5.41) is 3.18. The molecule has 0 bridgehead atoms. The summed E-state index contributed by atoms with van der Waals surface area (Å²) in [6.07, 6.45) is 3.40. The van der Waals surface area contributed by atoms with Crippen molar-refractivity contribution in [1.29, 1.82) is 0 Å². The minimum absolute atomic E-state index is 0.138. The number of hydrogen-bond donors (Lipinski definition) is 3. The molecule has 3 N–H and O–H groups in total. The van der Waals surface area contributed by atoms with Gasteiger partial charge < -0.3 is 5.32 Å². The van der Waals surface area contributed by atoms with Crippen LogP contribution in [-0.4, -0.2) is 48.1 Å². The Hall–Kier alpha value is -1.43. The van der Waals surface area contributed by atoms with Crippen molar-refractivity contribution >= 4 is 5.91 Å². The van der Waals surface area contributed by atoms with Gasteiger partial charge in [-0.2, -0.15) is 0 Å². The highest BCUT2D eigenvalue weighted by atomic mass is 16.2. The molecule has 1 aromatic rings. The molecule has 1 aromatic carbocycles. The number of amides is 1. The van der Waals surface area contributed by atoms with E-state index in [1.54, 1.807) is 0 Å². The van der Waals surface area contributed by atoms with Crippen LogP contribution < -0.4 is 16.2 Å². The molecule has 3 rings (SSSR count). The van der Waals surface area contributed by atoms with Crippen LogP contribution in [0.15, 0.2) is 30.3 Å². The molecule has 3 atom stereocenters. The van der Waals surface area contributed by atoms with E-state index in [1.807, 2.05) is 0 Å². The van der Waals surface area contributed by atoms with Gasteiger partial charge in [0.2, 0.25) is 5.91 Å². The van der Waals surface area contributed by atoms with Gasteiger partial charge in [0.15, 0.2) is 0 Å². The van der Waals surface area contributed by atoms with E-state index in [-0.39, 0.29) is 24.0 Å². The zero-order valence-electron chi connectivity index (χ0n) is 14.1. The Morgan fingerprint density at radius 1 is 1.22 bits per heavy atom. The summed E-state index contributed by atoms with van der Waals surface area (Å²) in [6.45, 7) is 5.72. The molecule has 1 amide bonds. The number of carbonyl (C=O) groups excluding carboxylic acids is 1. The highest BCUT2D eigenvalue weighted by Crippen LogP contribution is 2.20. The Kier molecular flexibility index (Phi) is 5.30. The van der Waals surface area contributed by atoms with E-state index >= 15 is 0 Å². The van der Waals surface area contributed by atoms with Gasteiger partial charge in [0.1, 0.15) is 0 Å². The van der Waals surface area contributed by atoms with E-state index in [4.69, 9.17) is 0 Å². The summed E-state index contributed by atoms with van der Waals surface area (Å²) < 4.78 is 0. The van der Waals surface area contributed by atoms with Crippen LogP contribution in [0.2, 0.25) is 0 Å². The van der Waals surface area contributed by atoms with Crippen molar-refractivity contribution in [2.45, 2.75) is 57.3 Å². The Morgan fingerprint density at radius 3 is 2.61 bits per heavy atom. The maximum Gasteiger partial charge on any atom is 0.234 e. The van der Waals surface area contributed by atoms with E-state index in [9.17, 15) is 4.79 Å². The summed E-state index contributed by atoms with van der Waals surface area (Å²) in [6, 6.07) is 11.7. The van der Waals surface area contributed by atoms with Gasteiger partial charge in [-0.3, -0.25) is 20.5 Å². The number of hydrogen-bond acceptors (Lipinski definition) is 4. The van der Waals surface area contributed by atoms with Crippen molar-refractivity contribution in [3.63, 3.8) is 0 Å². The average Bonchev–Trinajstić information content (AvgIpc) is 3.10. The minimum Gasteiger partial charge on any atom is -0.349 e.